The molecule has 224 valence electrons. The van der Waals surface area contributed by atoms with Crippen LogP contribution < -0.4 is 9.61 Å². The quantitative estimate of drug-likeness (QED) is 0.0985. The molecule has 0 aromatic heterocycles. The average Bonchev–Trinajstić information content (AvgIpc) is 2.82. The van der Waals surface area contributed by atoms with Gasteiger partial charge in [0.15, 0.2) is 0 Å². The normalized spacial score (nSPS) is 19.5. The Kier molecular flexibility index (Phi) is 12.5. The molecule has 0 amide bonds. The number of nitrogens with one attached hydrogen (secondary N) is 1. The summed E-state index contributed by atoms with van der Waals surface area (Å²) in [5.74, 6) is -0.848. The first kappa shape index (κ1) is 33.6. The second-order valence-electron chi connectivity index (χ2n) is 11.4. The molecule has 0 saturated carbocycles. The SMILES string of the molecule is C=C(C)[C@@H]1CCC(C)=C[C@H]1c1c(O)cc(CCCCC)cc1OP(=O)(N[C@@H](C)C(=O)OC(C)C)C(=O)OC(C)C. The molecule has 0 aliphatic heterocycles. The Morgan fingerprint density at radius 2 is 1.77 bits per heavy atom. The maximum atomic E-state index is 14.3. The van der Waals surface area contributed by atoms with Gasteiger partial charge in [-0.1, -0.05) is 43.6 Å². The van der Waals surface area contributed by atoms with E-state index in [0.717, 1.165) is 48.8 Å². The highest BCUT2D eigenvalue weighted by molar-refractivity contribution is 7.74. The van der Waals surface area contributed by atoms with Gasteiger partial charge >= 0.3 is 19.2 Å². The van der Waals surface area contributed by atoms with Crippen LogP contribution in [0.1, 0.15) is 105 Å². The van der Waals surface area contributed by atoms with Crippen molar-refractivity contribution in [1.82, 2.24) is 5.09 Å². The molecule has 40 heavy (non-hydrogen) atoms. The van der Waals surface area contributed by atoms with Crippen LogP contribution in [0.25, 0.3) is 0 Å². The highest BCUT2D eigenvalue weighted by atomic mass is 31.2. The Hall–Kier alpha value is -2.57. The molecule has 0 saturated heterocycles. The van der Waals surface area contributed by atoms with Crippen LogP contribution in [0.5, 0.6) is 11.5 Å². The third-order valence-electron chi connectivity index (χ3n) is 6.84. The fourth-order valence-corrected chi connectivity index (χ4v) is 6.50. The molecule has 2 N–H and O–H groups in total. The van der Waals surface area contributed by atoms with Crippen molar-refractivity contribution in [3.05, 3.63) is 47.1 Å². The van der Waals surface area contributed by atoms with Gasteiger partial charge in [0, 0.05) is 11.5 Å². The van der Waals surface area contributed by atoms with E-state index >= 15 is 0 Å². The fraction of sp³-hybridized carbons (Fsp3) is 0.613. The molecule has 8 nitrogen and oxygen atoms in total. The van der Waals surface area contributed by atoms with Gasteiger partial charge in [0.2, 0.25) is 0 Å². The van der Waals surface area contributed by atoms with E-state index in [2.05, 4.69) is 24.7 Å². The third-order valence-corrected chi connectivity index (χ3v) is 8.60. The number of benzene rings is 1. The summed E-state index contributed by atoms with van der Waals surface area (Å²) >= 11 is 0. The number of hydrogen-bond donors (Lipinski definition) is 2. The molecule has 0 fully saturated rings. The van der Waals surface area contributed by atoms with Crippen molar-refractivity contribution in [1.29, 1.82) is 0 Å². The standard InChI is InChI=1S/C31H48NO7P/c1-10-11-12-13-24-17-27(33)29(26-16-22(8)14-15-25(26)19(2)3)28(18-24)39-40(36,31(35)38-21(6)7)32-23(9)30(34)37-20(4)5/h16-18,20-21,23,25-26,33H,2,10-15H2,1,3-9H3,(H,32,36)/t23-,25-,26+,40?/m0/s1. The molecule has 2 rings (SSSR count). The summed E-state index contributed by atoms with van der Waals surface area (Å²) in [6.07, 6.45) is 6.45. The van der Waals surface area contributed by atoms with E-state index in [1.165, 1.54) is 6.92 Å². The molecule has 4 atom stereocenters. The molecular weight excluding hydrogens is 529 g/mol. The zero-order valence-corrected chi connectivity index (χ0v) is 26.3. The van der Waals surface area contributed by atoms with E-state index in [1.54, 1.807) is 39.8 Å². The van der Waals surface area contributed by atoms with E-state index in [1.807, 2.05) is 13.8 Å². The van der Waals surface area contributed by atoms with Gasteiger partial charge in [0.1, 0.15) is 17.5 Å². The van der Waals surface area contributed by atoms with Crippen molar-refractivity contribution >= 4 is 19.2 Å². The summed E-state index contributed by atoms with van der Waals surface area (Å²) < 4.78 is 31.0. The average molecular weight is 578 g/mol. The third kappa shape index (κ3) is 9.24. The van der Waals surface area contributed by atoms with Gasteiger partial charge in [0.05, 0.1) is 12.2 Å². The first-order valence-corrected chi connectivity index (χ1v) is 16.0. The van der Waals surface area contributed by atoms with Crippen molar-refractivity contribution in [2.24, 2.45) is 5.92 Å². The van der Waals surface area contributed by atoms with Gasteiger partial charge in [-0.15, -0.1) is 0 Å². The number of rotatable bonds is 14. The number of phenols is 1. The molecule has 9 heteroatoms. The highest BCUT2D eigenvalue weighted by Crippen LogP contribution is 2.53. The van der Waals surface area contributed by atoms with Gasteiger partial charge in [-0.2, -0.15) is 0 Å². The molecule has 1 aromatic carbocycles. The number of hydrogen-bond acceptors (Lipinski definition) is 7. The topological polar surface area (TPSA) is 111 Å². The van der Waals surface area contributed by atoms with Crippen LogP contribution in [0.2, 0.25) is 0 Å². The largest absolute Gasteiger partial charge is 0.507 e. The van der Waals surface area contributed by atoms with Gasteiger partial charge in [0.25, 0.3) is 0 Å². The van der Waals surface area contributed by atoms with Gasteiger partial charge in [-0.25, -0.2) is 14.4 Å². The summed E-state index contributed by atoms with van der Waals surface area (Å²) in [7, 11) is -4.51. The zero-order valence-electron chi connectivity index (χ0n) is 25.4. The second-order valence-corrected chi connectivity index (χ2v) is 13.3. The summed E-state index contributed by atoms with van der Waals surface area (Å²) in [5, 5.41) is 14.0. The van der Waals surface area contributed by atoms with Gasteiger partial charge < -0.3 is 19.1 Å². The van der Waals surface area contributed by atoms with Crippen molar-refractivity contribution < 1.29 is 33.3 Å². The van der Waals surface area contributed by atoms with Crippen LogP contribution in [0.15, 0.2) is 35.9 Å². The summed E-state index contributed by atoms with van der Waals surface area (Å²) in [4.78, 5) is 25.8. The van der Waals surface area contributed by atoms with E-state index < -0.39 is 37.4 Å². The molecule has 1 aliphatic rings. The summed E-state index contributed by atoms with van der Waals surface area (Å²) in [5.41, 5.74) is 2.23. The predicted octanol–water partition coefficient (Wildman–Crippen LogP) is 8.19. The van der Waals surface area contributed by atoms with Crippen LogP contribution in [-0.4, -0.2) is 35.0 Å². The Labute approximate surface area is 240 Å². The molecule has 1 aliphatic carbocycles. The number of unbranched alkanes of at least 4 members (excludes halogenated alkanes) is 2. The Morgan fingerprint density at radius 3 is 2.35 bits per heavy atom. The minimum absolute atomic E-state index is 0.00208. The van der Waals surface area contributed by atoms with Crippen molar-refractivity contribution in [3.63, 3.8) is 0 Å². The number of carbonyl (C=O) groups excluding carboxylic acids is 2. The molecule has 1 aromatic rings. The van der Waals surface area contributed by atoms with E-state index in [9.17, 15) is 19.3 Å². The Bertz CT molecular complexity index is 1140. The number of phenolic OH excluding ortho intramolecular Hbond substituents is 1. The van der Waals surface area contributed by atoms with Crippen molar-refractivity contribution in [3.8, 4) is 11.5 Å². The lowest BCUT2D eigenvalue weighted by atomic mass is 9.73. The highest BCUT2D eigenvalue weighted by Gasteiger charge is 2.42. The second kappa shape index (κ2) is 14.9. The number of ether oxygens (including phenoxy) is 2. The molecule has 0 bridgehead atoms. The molecule has 0 spiro atoms. The van der Waals surface area contributed by atoms with Crippen LogP contribution in [0.3, 0.4) is 0 Å². The summed E-state index contributed by atoms with van der Waals surface area (Å²) in [6, 6.07) is 2.34. The number of carbonyl (C=O) groups is 2. The maximum absolute atomic E-state index is 14.3. The number of esters is 1. The molecule has 0 radical (unpaired) electrons. The van der Waals surface area contributed by atoms with Crippen LogP contribution in [-0.2, 0) is 25.3 Å². The van der Waals surface area contributed by atoms with Gasteiger partial charge in [-0.3, -0.25) is 4.79 Å². The van der Waals surface area contributed by atoms with Crippen molar-refractivity contribution in [2.45, 2.75) is 118 Å². The first-order chi connectivity index (χ1) is 18.7. The minimum atomic E-state index is -4.51. The Morgan fingerprint density at radius 1 is 1.12 bits per heavy atom. The maximum Gasteiger partial charge on any atom is 0.424 e. The van der Waals surface area contributed by atoms with Crippen LogP contribution in [0.4, 0.5) is 4.79 Å². The molecule has 0 heterocycles. The first-order valence-electron chi connectivity index (χ1n) is 14.4. The number of aryl methyl sites for hydroxylation is 1. The van der Waals surface area contributed by atoms with Crippen LogP contribution >= 0.6 is 7.52 Å². The number of aromatic hydroxyl groups is 1. The van der Waals surface area contributed by atoms with E-state index in [0.29, 0.717) is 12.0 Å². The summed E-state index contributed by atoms with van der Waals surface area (Å²) in [6.45, 7) is 18.4. The lowest BCUT2D eigenvalue weighted by Gasteiger charge is -2.33. The minimum Gasteiger partial charge on any atom is -0.507 e. The van der Waals surface area contributed by atoms with E-state index in [-0.39, 0.29) is 23.3 Å². The lowest BCUT2D eigenvalue weighted by molar-refractivity contribution is -0.149. The molecular formula is C31H48NO7P. The smallest absolute Gasteiger partial charge is 0.424 e. The van der Waals surface area contributed by atoms with Crippen LogP contribution in [0, 0.1) is 5.92 Å². The molecule has 1 unspecified atom stereocenters. The van der Waals surface area contributed by atoms with Crippen molar-refractivity contribution in [2.75, 3.05) is 0 Å². The lowest BCUT2D eigenvalue weighted by Crippen LogP contribution is -2.38. The monoisotopic (exact) mass is 577 g/mol. The fourth-order valence-electron chi connectivity index (χ4n) is 4.88. The predicted molar refractivity (Wildman–Crippen MR) is 159 cm³/mol. The zero-order chi connectivity index (χ0) is 30.2. The van der Waals surface area contributed by atoms with E-state index in [4.69, 9.17) is 14.0 Å². The van der Waals surface area contributed by atoms with Gasteiger partial charge in [-0.05, 0) is 97.8 Å². The Balaban J connectivity index is 2.68. The number of allylic oxidation sites excluding steroid dienone is 3.